The van der Waals surface area contributed by atoms with Gasteiger partial charge >= 0.3 is 0 Å². The van der Waals surface area contributed by atoms with Gasteiger partial charge in [-0.1, -0.05) is 153 Å². The summed E-state index contributed by atoms with van der Waals surface area (Å²) in [5.41, 5.74) is 0. The lowest BCUT2D eigenvalue weighted by atomic mass is 10.00. The Bertz CT molecular complexity index is 767. The highest BCUT2D eigenvalue weighted by Crippen LogP contribution is 2.14. The molecule has 0 saturated carbocycles. The molecule has 0 aliphatic rings. The average molecular weight is 678 g/mol. The molecule has 0 aliphatic carbocycles. The van der Waals surface area contributed by atoms with Gasteiger partial charge in [-0.25, -0.2) is 0 Å². The zero-order valence-corrected chi connectivity index (χ0v) is 31.5. The molecule has 4 atom stereocenters. The predicted molar refractivity (Wildman–Crippen MR) is 205 cm³/mol. The summed E-state index contributed by atoms with van der Waals surface area (Å²) in [5, 5.41) is 43.4. The fraction of sp³-hybridized carbons (Fsp3) is 0.833. The number of amides is 1. The maximum atomic E-state index is 12.4. The minimum Gasteiger partial charge on any atom is -0.394 e. The molecule has 282 valence electrons. The van der Waals surface area contributed by atoms with E-state index in [4.69, 9.17) is 0 Å². The quantitative estimate of drug-likeness (QED) is 0.0335. The summed E-state index contributed by atoms with van der Waals surface area (Å²) in [4.78, 5) is 12.4. The number of aliphatic hydroxyl groups is 4. The highest BCUT2D eigenvalue weighted by molar-refractivity contribution is 5.80. The molecule has 0 aromatic carbocycles. The van der Waals surface area contributed by atoms with E-state index in [1.807, 2.05) is 0 Å². The summed E-state index contributed by atoms with van der Waals surface area (Å²) in [6, 6.07) is -1.01. The van der Waals surface area contributed by atoms with Crippen LogP contribution in [0.3, 0.4) is 0 Å². The van der Waals surface area contributed by atoms with Crippen molar-refractivity contribution in [2.75, 3.05) is 6.61 Å². The summed E-state index contributed by atoms with van der Waals surface area (Å²) < 4.78 is 0. The van der Waals surface area contributed by atoms with Gasteiger partial charge in [0.05, 0.1) is 18.8 Å². The third-order valence-corrected chi connectivity index (χ3v) is 9.30. The second-order valence-corrected chi connectivity index (χ2v) is 14.0. The molecule has 0 spiro atoms. The lowest BCUT2D eigenvalue weighted by molar-refractivity contribution is -0.132. The van der Waals surface area contributed by atoms with Crippen molar-refractivity contribution in [3.63, 3.8) is 0 Å². The predicted octanol–water partition coefficient (Wildman–Crippen LogP) is 10.2. The van der Waals surface area contributed by atoms with Gasteiger partial charge in [0.15, 0.2) is 0 Å². The largest absolute Gasteiger partial charge is 0.394 e. The van der Waals surface area contributed by atoms with E-state index in [-0.39, 0.29) is 0 Å². The van der Waals surface area contributed by atoms with Crippen LogP contribution in [0.1, 0.15) is 194 Å². The molecule has 0 heterocycles. The number of allylic oxidation sites excluding steroid dienone is 6. The smallest absolute Gasteiger partial charge is 0.249 e. The Hall–Kier alpha value is -1.47. The summed E-state index contributed by atoms with van der Waals surface area (Å²) >= 11 is 0. The van der Waals surface area contributed by atoms with Gasteiger partial charge in [0.25, 0.3) is 0 Å². The normalized spacial score (nSPS) is 14.7. The highest BCUT2D eigenvalue weighted by Gasteiger charge is 2.28. The van der Waals surface area contributed by atoms with E-state index in [1.165, 1.54) is 116 Å². The third kappa shape index (κ3) is 30.6. The van der Waals surface area contributed by atoms with Crippen LogP contribution in [0.5, 0.6) is 0 Å². The molecule has 0 fully saturated rings. The number of rotatable bonds is 36. The summed E-state index contributed by atoms with van der Waals surface area (Å²) in [6.45, 7) is 4.00. The Morgan fingerprint density at radius 2 is 0.875 bits per heavy atom. The van der Waals surface area contributed by atoms with E-state index < -0.39 is 36.9 Å². The molecule has 4 unspecified atom stereocenters. The van der Waals surface area contributed by atoms with E-state index in [1.54, 1.807) is 0 Å². The fourth-order valence-electron chi connectivity index (χ4n) is 6.00. The van der Waals surface area contributed by atoms with Crippen LogP contribution in [0.25, 0.3) is 0 Å². The van der Waals surface area contributed by atoms with Crippen LogP contribution in [0.4, 0.5) is 0 Å². The van der Waals surface area contributed by atoms with Crippen molar-refractivity contribution in [1.82, 2.24) is 5.32 Å². The van der Waals surface area contributed by atoms with Crippen molar-refractivity contribution in [2.24, 2.45) is 0 Å². The number of carbonyl (C=O) groups excluding carboxylic acids is 1. The van der Waals surface area contributed by atoms with Gasteiger partial charge < -0.3 is 25.7 Å². The van der Waals surface area contributed by atoms with Crippen molar-refractivity contribution < 1.29 is 25.2 Å². The summed E-state index contributed by atoms with van der Waals surface area (Å²) in [5.74, 6) is -0.616. The summed E-state index contributed by atoms with van der Waals surface area (Å²) in [7, 11) is 0. The Morgan fingerprint density at radius 1 is 0.500 bits per heavy atom. The molecule has 0 radical (unpaired) electrons. The van der Waals surface area contributed by atoms with Gasteiger partial charge in [-0.05, 0) is 77.0 Å². The molecule has 0 rings (SSSR count). The molecule has 0 aromatic rings. The molecule has 0 aromatic heterocycles. The third-order valence-electron chi connectivity index (χ3n) is 9.30. The summed E-state index contributed by atoms with van der Waals surface area (Å²) in [6.07, 6.45) is 41.8. The Labute approximate surface area is 297 Å². The first kappa shape index (κ1) is 46.5. The van der Waals surface area contributed by atoms with Crippen LogP contribution in [0.2, 0.25) is 0 Å². The maximum Gasteiger partial charge on any atom is 0.249 e. The SMILES string of the molecule is CCCCCCCC/C=C\CCCCC(O)C(=O)NC(CO)C(O)C(O)CCC/C=C/CC/C=C/CCCCCCCCCCCCC. The second kappa shape index (κ2) is 36.8. The zero-order chi connectivity index (χ0) is 35.3. The van der Waals surface area contributed by atoms with Crippen molar-refractivity contribution in [3.05, 3.63) is 36.5 Å². The lowest BCUT2D eigenvalue weighted by Crippen LogP contribution is -2.53. The van der Waals surface area contributed by atoms with Crippen molar-refractivity contribution in [2.45, 2.75) is 218 Å². The van der Waals surface area contributed by atoms with E-state index >= 15 is 0 Å². The van der Waals surface area contributed by atoms with Crippen molar-refractivity contribution in [1.29, 1.82) is 0 Å². The first-order chi connectivity index (χ1) is 23.5. The minimum absolute atomic E-state index is 0.329. The van der Waals surface area contributed by atoms with Gasteiger partial charge in [0, 0.05) is 0 Å². The topological polar surface area (TPSA) is 110 Å². The van der Waals surface area contributed by atoms with Gasteiger partial charge in [-0.15, -0.1) is 0 Å². The van der Waals surface area contributed by atoms with Gasteiger partial charge in [-0.3, -0.25) is 4.79 Å². The van der Waals surface area contributed by atoms with Crippen LogP contribution in [-0.2, 0) is 4.79 Å². The Kier molecular flexibility index (Phi) is 35.7. The molecule has 6 heteroatoms. The van der Waals surface area contributed by atoms with Gasteiger partial charge in [0.1, 0.15) is 12.2 Å². The van der Waals surface area contributed by atoms with E-state index in [0.29, 0.717) is 25.7 Å². The fourth-order valence-corrected chi connectivity index (χ4v) is 6.00. The second-order valence-electron chi connectivity index (χ2n) is 14.0. The maximum absolute atomic E-state index is 12.4. The molecule has 0 saturated heterocycles. The molecular weight excluding hydrogens is 598 g/mol. The van der Waals surface area contributed by atoms with Crippen molar-refractivity contribution in [3.8, 4) is 0 Å². The number of carbonyl (C=O) groups is 1. The first-order valence-electron chi connectivity index (χ1n) is 20.4. The number of hydrogen-bond acceptors (Lipinski definition) is 5. The van der Waals surface area contributed by atoms with Gasteiger partial charge in [0.2, 0.25) is 5.91 Å². The van der Waals surface area contributed by atoms with Crippen LogP contribution in [-0.4, -0.2) is 57.3 Å². The van der Waals surface area contributed by atoms with Crippen LogP contribution in [0.15, 0.2) is 36.5 Å². The Morgan fingerprint density at radius 3 is 1.31 bits per heavy atom. The first-order valence-corrected chi connectivity index (χ1v) is 20.4. The van der Waals surface area contributed by atoms with E-state index in [0.717, 1.165) is 38.5 Å². The lowest BCUT2D eigenvalue weighted by Gasteiger charge is -2.27. The van der Waals surface area contributed by atoms with Crippen molar-refractivity contribution >= 4 is 5.91 Å². The molecule has 0 aliphatic heterocycles. The number of hydrogen-bond donors (Lipinski definition) is 5. The molecule has 6 nitrogen and oxygen atoms in total. The number of nitrogens with one attached hydrogen (secondary N) is 1. The molecule has 5 N–H and O–H groups in total. The molecule has 1 amide bonds. The van der Waals surface area contributed by atoms with Gasteiger partial charge in [-0.2, -0.15) is 0 Å². The minimum atomic E-state index is -1.29. The highest BCUT2D eigenvalue weighted by atomic mass is 16.3. The zero-order valence-electron chi connectivity index (χ0n) is 31.5. The molecule has 48 heavy (non-hydrogen) atoms. The monoisotopic (exact) mass is 678 g/mol. The number of unbranched alkanes of at least 4 members (excludes halogenated alkanes) is 21. The molecule has 0 bridgehead atoms. The van der Waals surface area contributed by atoms with Crippen LogP contribution < -0.4 is 5.32 Å². The Balaban J connectivity index is 3.86. The van der Waals surface area contributed by atoms with E-state index in [2.05, 4.69) is 55.6 Å². The van der Waals surface area contributed by atoms with Crippen LogP contribution in [0, 0.1) is 0 Å². The average Bonchev–Trinajstić information content (AvgIpc) is 3.09. The standard InChI is InChI=1S/C42H79NO5/c1-3-5-7-9-11-13-15-17-18-19-20-21-22-23-24-26-27-29-31-33-35-39(45)41(47)38(37-44)43-42(48)40(46)36-34-32-30-28-25-16-14-12-10-8-6-4-2/h22-23,25,27-29,38-41,44-47H,3-21,24,26,30-37H2,1-2H3,(H,43,48)/b23-22+,28-25-,29-27+. The number of aliphatic hydroxyl groups excluding tert-OH is 4. The van der Waals surface area contributed by atoms with E-state index in [9.17, 15) is 25.2 Å². The molecular formula is C42H79NO5. The van der Waals surface area contributed by atoms with Crippen LogP contribution >= 0.6 is 0 Å².